The van der Waals surface area contributed by atoms with E-state index in [1.807, 2.05) is 24.3 Å². The number of carbonyl (C=O) groups is 1. The molecule has 4 heterocycles. The second-order valence-electron chi connectivity index (χ2n) is 7.20. The van der Waals surface area contributed by atoms with Crippen molar-refractivity contribution in [2.75, 3.05) is 19.9 Å². The molecule has 0 unspecified atom stereocenters. The summed E-state index contributed by atoms with van der Waals surface area (Å²) in [6.07, 6.45) is 0.666. The Kier molecular flexibility index (Phi) is 3.08. The molecular weight excluding hydrogens is 344 g/mol. The van der Waals surface area contributed by atoms with Crippen molar-refractivity contribution in [3.05, 3.63) is 59.3 Å². The molecule has 1 N–H and O–H groups in total. The van der Waals surface area contributed by atoms with Crippen LogP contribution in [0.1, 0.15) is 22.9 Å². The molecule has 2 atom stereocenters. The highest BCUT2D eigenvalue weighted by Crippen LogP contribution is 2.44. The molecule has 3 aliphatic rings. The maximum atomic E-state index is 12.5. The van der Waals surface area contributed by atoms with Crippen molar-refractivity contribution in [2.45, 2.75) is 18.5 Å². The van der Waals surface area contributed by atoms with Gasteiger partial charge in [0.25, 0.3) is 0 Å². The van der Waals surface area contributed by atoms with Gasteiger partial charge in [-0.2, -0.15) is 0 Å². The van der Waals surface area contributed by atoms with Crippen molar-refractivity contribution in [3.63, 3.8) is 0 Å². The molecule has 1 saturated heterocycles. The number of benzene rings is 2. The normalized spacial score (nSPS) is 23.8. The van der Waals surface area contributed by atoms with E-state index in [4.69, 9.17) is 14.2 Å². The first-order valence-corrected chi connectivity index (χ1v) is 9.21. The van der Waals surface area contributed by atoms with Gasteiger partial charge in [0.05, 0.1) is 6.04 Å². The Balaban J connectivity index is 1.57. The van der Waals surface area contributed by atoms with E-state index < -0.39 is 0 Å². The van der Waals surface area contributed by atoms with Crippen LogP contribution in [0.5, 0.6) is 11.5 Å². The molecule has 3 aliphatic heterocycles. The van der Waals surface area contributed by atoms with Crippen LogP contribution in [0, 0.1) is 0 Å². The van der Waals surface area contributed by atoms with Gasteiger partial charge in [-0.3, -0.25) is 9.69 Å². The lowest BCUT2D eigenvalue weighted by Gasteiger charge is -2.43. The zero-order valence-corrected chi connectivity index (χ0v) is 14.6. The summed E-state index contributed by atoms with van der Waals surface area (Å²) >= 11 is 0. The van der Waals surface area contributed by atoms with Gasteiger partial charge in [-0.1, -0.05) is 24.3 Å². The average Bonchev–Trinajstić information content (AvgIpc) is 3.30. The highest BCUT2D eigenvalue weighted by molar-refractivity contribution is 5.87. The number of cyclic esters (lactones) is 1. The molecule has 0 amide bonds. The van der Waals surface area contributed by atoms with Crippen LogP contribution in [0.4, 0.5) is 0 Å². The number of H-pyrrole nitrogens is 1. The second kappa shape index (κ2) is 5.50. The number of carbonyl (C=O) groups excluding carboxylic acids is 1. The van der Waals surface area contributed by atoms with Gasteiger partial charge in [-0.05, 0) is 29.3 Å². The number of hydrogen-bond acceptors (Lipinski definition) is 5. The van der Waals surface area contributed by atoms with Crippen molar-refractivity contribution in [1.29, 1.82) is 0 Å². The maximum Gasteiger partial charge on any atom is 0.323 e. The fraction of sp³-hybridized carbons (Fsp3) is 0.286. The molecule has 0 spiro atoms. The summed E-state index contributed by atoms with van der Waals surface area (Å²) in [6.45, 7) is 1.38. The summed E-state index contributed by atoms with van der Waals surface area (Å²) in [5, 5.41) is 1.18. The van der Waals surface area contributed by atoms with Crippen LogP contribution in [0.15, 0.2) is 42.5 Å². The summed E-state index contributed by atoms with van der Waals surface area (Å²) in [4.78, 5) is 18.4. The third kappa shape index (κ3) is 2.13. The Morgan fingerprint density at radius 3 is 2.89 bits per heavy atom. The molecule has 0 saturated carbocycles. The molecule has 0 radical (unpaired) electrons. The first-order valence-electron chi connectivity index (χ1n) is 9.21. The monoisotopic (exact) mass is 362 g/mol. The number of hydrogen-bond donors (Lipinski definition) is 1. The number of esters is 1. The largest absolute Gasteiger partial charge is 0.463 e. The van der Waals surface area contributed by atoms with Gasteiger partial charge >= 0.3 is 5.97 Å². The predicted octanol–water partition coefficient (Wildman–Crippen LogP) is 2.77. The summed E-state index contributed by atoms with van der Waals surface area (Å²) in [5.41, 5.74) is 4.54. The number of rotatable bonds is 1. The molecule has 6 rings (SSSR count). The third-order valence-corrected chi connectivity index (χ3v) is 5.83. The van der Waals surface area contributed by atoms with Crippen molar-refractivity contribution in [1.82, 2.24) is 9.88 Å². The minimum Gasteiger partial charge on any atom is -0.463 e. The van der Waals surface area contributed by atoms with Crippen molar-refractivity contribution in [2.24, 2.45) is 0 Å². The summed E-state index contributed by atoms with van der Waals surface area (Å²) < 4.78 is 16.4. The van der Waals surface area contributed by atoms with E-state index in [1.54, 1.807) is 0 Å². The Morgan fingerprint density at radius 1 is 1.04 bits per heavy atom. The van der Waals surface area contributed by atoms with Crippen molar-refractivity contribution in [3.8, 4) is 11.5 Å². The highest BCUT2D eigenvalue weighted by Gasteiger charge is 2.43. The van der Waals surface area contributed by atoms with E-state index in [-0.39, 0.29) is 24.8 Å². The fourth-order valence-electron chi connectivity index (χ4n) is 4.62. The zero-order chi connectivity index (χ0) is 18.0. The van der Waals surface area contributed by atoms with E-state index in [0.717, 1.165) is 28.3 Å². The van der Waals surface area contributed by atoms with Crippen LogP contribution in [-0.2, 0) is 16.0 Å². The lowest BCUT2D eigenvalue weighted by atomic mass is 9.87. The van der Waals surface area contributed by atoms with Gasteiger partial charge in [0.1, 0.15) is 12.6 Å². The van der Waals surface area contributed by atoms with Crippen LogP contribution in [-0.4, -0.2) is 41.8 Å². The Morgan fingerprint density at radius 2 is 1.93 bits per heavy atom. The van der Waals surface area contributed by atoms with E-state index >= 15 is 0 Å². The standard InChI is InChI=1S/C21H18N2O4/c24-21-16-10-14-13-3-1-2-4-15(13)22-19(14)20(23(16)7-8-25-21)12-5-6-17-18(9-12)27-11-26-17/h1-6,9,16,20,22H,7-8,10-11H2/t16-,20-/m1/s1. The fourth-order valence-corrected chi connectivity index (χ4v) is 4.62. The first-order chi connectivity index (χ1) is 13.3. The van der Waals surface area contributed by atoms with E-state index in [9.17, 15) is 4.79 Å². The molecular formula is C21H18N2O4. The Hall–Kier alpha value is -2.99. The molecule has 2 aromatic carbocycles. The van der Waals surface area contributed by atoms with E-state index in [1.165, 1.54) is 10.9 Å². The molecule has 0 bridgehead atoms. The molecule has 6 nitrogen and oxygen atoms in total. The molecule has 1 aromatic heterocycles. The number of nitrogens with one attached hydrogen (secondary N) is 1. The molecule has 136 valence electrons. The van der Waals surface area contributed by atoms with Crippen LogP contribution in [0.2, 0.25) is 0 Å². The van der Waals surface area contributed by atoms with Crippen molar-refractivity contribution >= 4 is 16.9 Å². The number of ether oxygens (including phenoxy) is 3. The molecule has 1 fully saturated rings. The second-order valence-corrected chi connectivity index (χ2v) is 7.20. The van der Waals surface area contributed by atoms with Crippen LogP contribution < -0.4 is 9.47 Å². The Bertz CT molecular complexity index is 1070. The molecule has 3 aromatic rings. The van der Waals surface area contributed by atoms with Gasteiger partial charge in [0.2, 0.25) is 6.79 Å². The smallest absolute Gasteiger partial charge is 0.323 e. The topological polar surface area (TPSA) is 63.8 Å². The summed E-state index contributed by atoms with van der Waals surface area (Å²) in [5.74, 6) is 1.39. The number of para-hydroxylation sites is 1. The predicted molar refractivity (Wildman–Crippen MR) is 97.9 cm³/mol. The zero-order valence-electron chi connectivity index (χ0n) is 14.6. The SMILES string of the molecule is O=C1OCCN2[C@H](c3ccc4c(c3)OCO4)c3[nH]c4ccccc4c3C[C@H]12. The molecule has 6 heteroatoms. The first kappa shape index (κ1) is 15.1. The summed E-state index contributed by atoms with van der Waals surface area (Å²) in [7, 11) is 0. The number of fused-ring (bicyclic) bond motifs is 5. The van der Waals surface area contributed by atoms with Gasteiger partial charge < -0.3 is 19.2 Å². The minimum absolute atomic E-state index is 0.0477. The van der Waals surface area contributed by atoms with Gasteiger partial charge in [-0.25, -0.2) is 0 Å². The highest BCUT2D eigenvalue weighted by atomic mass is 16.7. The molecule has 0 aliphatic carbocycles. The lowest BCUT2D eigenvalue weighted by molar-refractivity contribution is -0.159. The minimum atomic E-state index is -0.263. The number of nitrogens with zero attached hydrogens (tertiary/aromatic N) is 1. The molecule has 27 heavy (non-hydrogen) atoms. The van der Waals surface area contributed by atoms with Gasteiger partial charge in [0.15, 0.2) is 11.5 Å². The number of morpholine rings is 1. The maximum absolute atomic E-state index is 12.5. The van der Waals surface area contributed by atoms with Crippen LogP contribution >= 0.6 is 0 Å². The van der Waals surface area contributed by atoms with Gasteiger partial charge in [0, 0.05) is 29.6 Å². The quantitative estimate of drug-likeness (QED) is 0.675. The van der Waals surface area contributed by atoms with Crippen LogP contribution in [0.25, 0.3) is 10.9 Å². The number of aromatic amines is 1. The van der Waals surface area contributed by atoms with E-state index in [0.29, 0.717) is 19.6 Å². The number of aromatic nitrogens is 1. The van der Waals surface area contributed by atoms with Gasteiger partial charge in [-0.15, -0.1) is 0 Å². The van der Waals surface area contributed by atoms with Crippen LogP contribution in [0.3, 0.4) is 0 Å². The third-order valence-electron chi connectivity index (χ3n) is 5.83. The average molecular weight is 362 g/mol. The van der Waals surface area contributed by atoms with E-state index in [2.05, 4.69) is 28.1 Å². The lowest BCUT2D eigenvalue weighted by Crippen LogP contribution is -2.54. The summed E-state index contributed by atoms with van der Waals surface area (Å²) in [6, 6.07) is 14.0. The van der Waals surface area contributed by atoms with Crippen molar-refractivity contribution < 1.29 is 19.0 Å². The Labute approximate surface area is 155 Å².